The number of aryl methyl sites for hydroxylation is 1. The molecule has 2 heterocycles. The van der Waals surface area contributed by atoms with E-state index in [4.69, 9.17) is 4.74 Å². The number of nitrogens with zero attached hydrogens (tertiary/aromatic N) is 1. The van der Waals surface area contributed by atoms with E-state index in [-0.39, 0.29) is 18.6 Å². The fourth-order valence-electron chi connectivity index (χ4n) is 3.95. The summed E-state index contributed by atoms with van der Waals surface area (Å²) in [5.41, 5.74) is 2.29. The van der Waals surface area contributed by atoms with E-state index in [1.807, 2.05) is 13.0 Å². The Morgan fingerprint density at radius 3 is 2.59 bits per heavy atom. The Morgan fingerprint density at radius 2 is 1.93 bits per heavy atom. The summed E-state index contributed by atoms with van der Waals surface area (Å²) in [4.78, 5) is 16.4. The average molecular weight is 415 g/mol. The Balaban J connectivity index is 1.58. The van der Waals surface area contributed by atoms with Gasteiger partial charge in [0.1, 0.15) is 5.75 Å². The number of rotatable bonds is 8. The summed E-state index contributed by atoms with van der Waals surface area (Å²) in [6, 6.07) is 10.7. The Kier molecular flexibility index (Phi) is 8.13. The number of benzene rings is 1. The van der Waals surface area contributed by atoms with E-state index in [2.05, 4.69) is 53.7 Å². The molecule has 0 aliphatic carbocycles. The number of nitrogens with one attached hydrogen (secondary N) is 1. The van der Waals surface area contributed by atoms with Gasteiger partial charge in [0.25, 0.3) is 5.91 Å². The quantitative estimate of drug-likeness (QED) is 0.638. The molecule has 3 rings (SSSR count). The van der Waals surface area contributed by atoms with Crippen LogP contribution in [-0.2, 0) is 4.79 Å². The Hall–Kier alpha value is -1.85. The van der Waals surface area contributed by atoms with Crippen molar-refractivity contribution in [1.29, 1.82) is 0 Å². The summed E-state index contributed by atoms with van der Waals surface area (Å²) in [7, 11) is 0. The molecule has 1 aliphatic rings. The van der Waals surface area contributed by atoms with Gasteiger partial charge < -0.3 is 10.1 Å². The van der Waals surface area contributed by atoms with Crippen LogP contribution in [0.1, 0.15) is 67.5 Å². The van der Waals surface area contributed by atoms with E-state index < -0.39 is 0 Å². The molecule has 1 fully saturated rings. The van der Waals surface area contributed by atoms with E-state index in [1.54, 1.807) is 11.3 Å². The van der Waals surface area contributed by atoms with Crippen LogP contribution in [0.5, 0.6) is 5.75 Å². The van der Waals surface area contributed by atoms with Gasteiger partial charge in [0, 0.05) is 11.4 Å². The molecule has 1 aliphatic heterocycles. The van der Waals surface area contributed by atoms with Crippen molar-refractivity contribution in [3.8, 4) is 5.75 Å². The van der Waals surface area contributed by atoms with Gasteiger partial charge in [-0.2, -0.15) is 0 Å². The van der Waals surface area contributed by atoms with Gasteiger partial charge in [-0.3, -0.25) is 9.69 Å². The maximum atomic E-state index is 12.6. The van der Waals surface area contributed by atoms with E-state index in [0.717, 1.165) is 30.0 Å². The summed E-state index contributed by atoms with van der Waals surface area (Å²) >= 11 is 1.78. The predicted octanol–water partition coefficient (Wildman–Crippen LogP) is 5.29. The Bertz CT molecular complexity index is 765. The highest BCUT2D eigenvalue weighted by atomic mass is 32.1. The number of ether oxygens (including phenoxy) is 1. The third-order valence-corrected chi connectivity index (χ3v) is 6.57. The molecule has 1 aromatic heterocycles. The first-order valence-electron chi connectivity index (χ1n) is 10.8. The first kappa shape index (κ1) is 21.8. The van der Waals surface area contributed by atoms with Crippen LogP contribution in [0, 0.1) is 6.92 Å². The Labute approximate surface area is 179 Å². The molecular formula is C24H34N2O2S. The molecule has 1 aromatic carbocycles. The minimum absolute atomic E-state index is 0.0559. The molecule has 158 valence electrons. The lowest BCUT2D eigenvalue weighted by molar-refractivity contribution is -0.123. The van der Waals surface area contributed by atoms with Gasteiger partial charge in [-0.05, 0) is 67.4 Å². The molecule has 0 unspecified atom stereocenters. The standard InChI is InChI=1S/C24H34N2O2S/c1-18(2)20-11-10-19(3)15-22(20)28-17-24(27)25-16-21(23-9-8-14-29-23)26-12-6-4-5-7-13-26/h8-11,14-15,18,21H,4-7,12-13,16-17H2,1-3H3,(H,25,27)/t21-/m1/s1. The van der Waals surface area contributed by atoms with Crippen LogP contribution in [0.15, 0.2) is 35.7 Å². The van der Waals surface area contributed by atoms with Crippen LogP contribution in [0.2, 0.25) is 0 Å². The fraction of sp³-hybridized carbons (Fsp3) is 0.542. The highest BCUT2D eigenvalue weighted by Crippen LogP contribution is 2.28. The molecule has 2 aromatic rings. The largest absolute Gasteiger partial charge is 0.483 e. The van der Waals surface area contributed by atoms with Crippen molar-refractivity contribution in [3.63, 3.8) is 0 Å². The summed E-state index contributed by atoms with van der Waals surface area (Å²) in [6.45, 7) is 9.23. The lowest BCUT2D eigenvalue weighted by Gasteiger charge is -2.30. The van der Waals surface area contributed by atoms with Gasteiger partial charge in [0.05, 0.1) is 6.04 Å². The van der Waals surface area contributed by atoms with Crippen LogP contribution >= 0.6 is 11.3 Å². The lowest BCUT2D eigenvalue weighted by Crippen LogP contribution is -2.39. The van der Waals surface area contributed by atoms with Crippen LogP contribution in [-0.4, -0.2) is 37.0 Å². The van der Waals surface area contributed by atoms with Crippen molar-refractivity contribution < 1.29 is 9.53 Å². The second kappa shape index (κ2) is 10.8. The summed E-state index contributed by atoms with van der Waals surface area (Å²) < 4.78 is 5.91. The molecule has 0 spiro atoms. The highest BCUT2D eigenvalue weighted by Gasteiger charge is 2.23. The van der Waals surface area contributed by atoms with E-state index in [0.29, 0.717) is 12.5 Å². The molecule has 1 N–H and O–H groups in total. The smallest absolute Gasteiger partial charge is 0.258 e. The maximum absolute atomic E-state index is 12.6. The zero-order valence-corrected chi connectivity index (χ0v) is 18.8. The van der Waals surface area contributed by atoms with Crippen molar-refractivity contribution in [1.82, 2.24) is 10.2 Å². The second-order valence-corrected chi connectivity index (χ2v) is 9.25. The number of carbonyl (C=O) groups is 1. The van der Waals surface area contributed by atoms with Gasteiger partial charge in [0.15, 0.2) is 6.61 Å². The summed E-state index contributed by atoms with van der Waals surface area (Å²) in [5, 5.41) is 5.24. The van der Waals surface area contributed by atoms with Crippen LogP contribution in [0.3, 0.4) is 0 Å². The van der Waals surface area contributed by atoms with Crippen molar-refractivity contribution in [3.05, 3.63) is 51.7 Å². The first-order valence-corrected chi connectivity index (χ1v) is 11.7. The van der Waals surface area contributed by atoms with E-state index >= 15 is 0 Å². The van der Waals surface area contributed by atoms with Crippen LogP contribution in [0.4, 0.5) is 0 Å². The van der Waals surface area contributed by atoms with Crippen molar-refractivity contribution >= 4 is 17.2 Å². The van der Waals surface area contributed by atoms with Crippen LogP contribution in [0.25, 0.3) is 0 Å². The zero-order chi connectivity index (χ0) is 20.6. The molecule has 4 nitrogen and oxygen atoms in total. The van der Waals surface area contributed by atoms with Gasteiger partial charge in [-0.15, -0.1) is 11.3 Å². The normalized spacial score (nSPS) is 16.4. The van der Waals surface area contributed by atoms with Gasteiger partial charge in [-0.25, -0.2) is 0 Å². The van der Waals surface area contributed by atoms with Crippen molar-refractivity contribution in [2.75, 3.05) is 26.2 Å². The van der Waals surface area contributed by atoms with E-state index in [9.17, 15) is 4.79 Å². The van der Waals surface area contributed by atoms with Gasteiger partial charge >= 0.3 is 0 Å². The molecule has 5 heteroatoms. The summed E-state index contributed by atoms with van der Waals surface area (Å²) in [6.07, 6.45) is 5.10. The van der Waals surface area contributed by atoms with Crippen molar-refractivity contribution in [2.24, 2.45) is 0 Å². The lowest BCUT2D eigenvalue weighted by atomic mass is 10.0. The minimum atomic E-state index is -0.0578. The number of hydrogen-bond donors (Lipinski definition) is 1. The first-order chi connectivity index (χ1) is 14.0. The maximum Gasteiger partial charge on any atom is 0.258 e. The van der Waals surface area contributed by atoms with Gasteiger partial charge in [-0.1, -0.05) is 44.9 Å². The summed E-state index contributed by atoms with van der Waals surface area (Å²) in [5.74, 6) is 1.12. The molecule has 1 atom stereocenters. The molecule has 0 radical (unpaired) electrons. The fourth-order valence-corrected chi connectivity index (χ4v) is 4.81. The number of thiophene rings is 1. The number of likely N-dealkylation sites (tertiary alicyclic amines) is 1. The molecule has 29 heavy (non-hydrogen) atoms. The van der Waals surface area contributed by atoms with E-state index in [1.165, 1.54) is 30.6 Å². The molecule has 1 amide bonds. The minimum Gasteiger partial charge on any atom is -0.483 e. The molecule has 0 bridgehead atoms. The SMILES string of the molecule is Cc1ccc(C(C)C)c(OCC(=O)NC[C@H](c2cccs2)N2CCCCCC2)c1. The molecular weight excluding hydrogens is 380 g/mol. The predicted molar refractivity (Wildman–Crippen MR) is 121 cm³/mol. The number of carbonyl (C=O) groups excluding carboxylic acids is 1. The average Bonchev–Trinajstić information content (AvgIpc) is 3.09. The molecule has 1 saturated heterocycles. The third-order valence-electron chi connectivity index (χ3n) is 5.60. The monoisotopic (exact) mass is 414 g/mol. The van der Waals surface area contributed by atoms with Crippen molar-refractivity contribution in [2.45, 2.75) is 58.4 Å². The number of hydrogen-bond acceptors (Lipinski definition) is 4. The second-order valence-electron chi connectivity index (χ2n) is 8.27. The van der Waals surface area contributed by atoms with Crippen LogP contribution < -0.4 is 10.1 Å². The zero-order valence-electron chi connectivity index (χ0n) is 17.9. The van der Waals surface area contributed by atoms with Gasteiger partial charge in [0.2, 0.25) is 0 Å². The highest BCUT2D eigenvalue weighted by molar-refractivity contribution is 7.10. The number of amides is 1. The molecule has 0 saturated carbocycles. The third kappa shape index (κ3) is 6.31. The topological polar surface area (TPSA) is 41.6 Å². The Morgan fingerprint density at radius 1 is 1.17 bits per heavy atom.